The summed E-state index contributed by atoms with van der Waals surface area (Å²) in [6, 6.07) is 23.8. The topological polar surface area (TPSA) is 40.5 Å². The number of carbonyl (C=O) groups is 1. The van der Waals surface area contributed by atoms with E-state index in [0.717, 1.165) is 16.8 Å². The maximum Gasteiger partial charge on any atom is 0.263 e. The zero-order valence-electron chi connectivity index (χ0n) is 14.3. The molecule has 3 aromatic rings. The summed E-state index contributed by atoms with van der Waals surface area (Å²) in [6.07, 6.45) is 3.67. The molecule has 0 aromatic heterocycles. The molecule has 0 spiro atoms. The summed E-state index contributed by atoms with van der Waals surface area (Å²) in [5.41, 5.74) is 3.50. The summed E-state index contributed by atoms with van der Waals surface area (Å²) in [6.45, 7) is 0. The average Bonchev–Trinajstić information content (AvgIpc) is 3.01. The fraction of sp³-hybridized carbons (Fsp3) is 0. The van der Waals surface area contributed by atoms with Gasteiger partial charge in [-0.3, -0.25) is 9.69 Å². The van der Waals surface area contributed by atoms with Crippen LogP contribution in [0.3, 0.4) is 0 Å². The lowest BCUT2D eigenvalue weighted by atomic mass is 10.1. The predicted molar refractivity (Wildman–Crippen MR) is 109 cm³/mol. The summed E-state index contributed by atoms with van der Waals surface area (Å²) < 4.78 is 0. The van der Waals surface area contributed by atoms with E-state index in [9.17, 15) is 9.90 Å². The van der Waals surface area contributed by atoms with Crippen molar-refractivity contribution >= 4 is 35.0 Å². The van der Waals surface area contributed by atoms with Crippen LogP contribution < -0.4 is 4.90 Å². The van der Waals surface area contributed by atoms with E-state index in [2.05, 4.69) is 0 Å². The first kappa shape index (κ1) is 17.1. The van der Waals surface area contributed by atoms with Gasteiger partial charge >= 0.3 is 0 Å². The highest BCUT2D eigenvalue weighted by atomic mass is 35.5. The second-order valence-electron chi connectivity index (χ2n) is 6.18. The van der Waals surface area contributed by atoms with Gasteiger partial charge in [-0.1, -0.05) is 66.2 Å². The van der Waals surface area contributed by atoms with E-state index >= 15 is 0 Å². The summed E-state index contributed by atoms with van der Waals surface area (Å²) in [5, 5.41) is 10.9. The number of aromatic hydroxyl groups is 1. The number of rotatable bonds is 3. The fourth-order valence-electron chi connectivity index (χ4n) is 3.07. The number of phenols is 1. The van der Waals surface area contributed by atoms with Gasteiger partial charge < -0.3 is 5.11 Å². The first-order valence-corrected chi connectivity index (χ1v) is 8.88. The number of anilines is 1. The van der Waals surface area contributed by atoms with E-state index in [4.69, 9.17) is 11.6 Å². The summed E-state index contributed by atoms with van der Waals surface area (Å²) >= 11 is 5.95. The monoisotopic (exact) mass is 373 g/mol. The van der Waals surface area contributed by atoms with Crippen molar-refractivity contribution < 1.29 is 9.90 Å². The van der Waals surface area contributed by atoms with Crippen LogP contribution >= 0.6 is 11.6 Å². The van der Waals surface area contributed by atoms with Crippen molar-refractivity contribution in [2.75, 3.05) is 4.90 Å². The van der Waals surface area contributed by atoms with Gasteiger partial charge in [-0.2, -0.15) is 0 Å². The highest BCUT2D eigenvalue weighted by Gasteiger charge is 2.31. The summed E-state index contributed by atoms with van der Waals surface area (Å²) in [4.78, 5) is 14.7. The Morgan fingerprint density at radius 3 is 2.22 bits per heavy atom. The molecule has 1 amide bonds. The third-order valence-corrected chi connectivity index (χ3v) is 4.62. The fourth-order valence-corrected chi connectivity index (χ4v) is 3.19. The van der Waals surface area contributed by atoms with Crippen LogP contribution in [0.2, 0.25) is 5.02 Å². The molecule has 3 aromatic carbocycles. The number of amides is 1. The SMILES string of the molecule is O=C1/C(=C/c2ccc(Cl)cc2)C=C(c2ccccc2)N1c1ccccc1O. The number of hydrogen-bond donors (Lipinski definition) is 1. The van der Waals surface area contributed by atoms with E-state index in [-0.39, 0.29) is 11.7 Å². The van der Waals surface area contributed by atoms with Gasteiger partial charge in [-0.05, 0) is 47.5 Å². The van der Waals surface area contributed by atoms with Gasteiger partial charge in [0.1, 0.15) is 5.75 Å². The molecule has 0 unspecified atom stereocenters. The third-order valence-electron chi connectivity index (χ3n) is 4.37. The van der Waals surface area contributed by atoms with Crippen LogP contribution in [0.25, 0.3) is 11.8 Å². The molecule has 1 aliphatic rings. The van der Waals surface area contributed by atoms with Gasteiger partial charge in [0.15, 0.2) is 0 Å². The minimum atomic E-state index is -0.190. The normalized spacial score (nSPS) is 15.3. The van der Waals surface area contributed by atoms with E-state index in [1.54, 1.807) is 41.3 Å². The van der Waals surface area contributed by atoms with Gasteiger partial charge in [-0.15, -0.1) is 0 Å². The van der Waals surface area contributed by atoms with Crippen LogP contribution in [0.1, 0.15) is 11.1 Å². The van der Waals surface area contributed by atoms with Crippen LogP contribution in [0.15, 0.2) is 90.5 Å². The summed E-state index contributed by atoms with van der Waals surface area (Å²) in [5.74, 6) is -0.134. The number of benzene rings is 3. The molecule has 132 valence electrons. The number of carbonyl (C=O) groups excluding carboxylic acids is 1. The minimum Gasteiger partial charge on any atom is -0.506 e. The molecule has 0 saturated carbocycles. The third kappa shape index (κ3) is 3.37. The molecule has 0 bridgehead atoms. The quantitative estimate of drug-likeness (QED) is 0.614. The molecule has 27 heavy (non-hydrogen) atoms. The standard InChI is InChI=1S/C23H16ClNO2/c24-19-12-10-16(11-13-19)14-18-15-21(17-6-2-1-3-7-17)25(23(18)27)20-8-4-5-9-22(20)26/h1-15,26H/b18-14+. The van der Waals surface area contributed by atoms with Crippen molar-refractivity contribution in [3.05, 3.63) is 107 Å². The lowest BCUT2D eigenvalue weighted by molar-refractivity contribution is -0.113. The average molecular weight is 374 g/mol. The molecule has 0 fully saturated rings. The lowest BCUT2D eigenvalue weighted by Gasteiger charge is -2.21. The first-order valence-electron chi connectivity index (χ1n) is 8.50. The van der Waals surface area contributed by atoms with Crippen LogP contribution in [0.5, 0.6) is 5.75 Å². The smallest absolute Gasteiger partial charge is 0.263 e. The second kappa shape index (κ2) is 7.14. The first-order chi connectivity index (χ1) is 13.1. The van der Waals surface area contributed by atoms with E-state index in [1.165, 1.54) is 0 Å². The molecular formula is C23H16ClNO2. The maximum absolute atomic E-state index is 13.2. The Morgan fingerprint density at radius 2 is 1.52 bits per heavy atom. The number of phenolic OH excluding ortho intramolecular Hbond substituents is 1. The van der Waals surface area contributed by atoms with Crippen molar-refractivity contribution in [2.24, 2.45) is 0 Å². The molecule has 1 N–H and O–H groups in total. The van der Waals surface area contributed by atoms with E-state index < -0.39 is 0 Å². The molecule has 0 saturated heterocycles. The Hall–Kier alpha value is -3.30. The molecule has 0 aliphatic carbocycles. The van der Waals surface area contributed by atoms with Crippen LogP contribution in [0.4, 0.5) is 5.69 Å². The maximum atomic E-state index is 13.2. The molecule has 1 aliphatic heterocycles. The van der Waals surface area contributed by atoms with Crippen LogP contribution in [-0.2, 0) is 4.79 Å². The molecule has 4 heteroatoms. The predicted octanol–water partition coefficient (Wildman–Crippen LogP) is 5.52. The van der Waals surface area contributed by atoms with Crippen molar-refractivity contribution in [3.63, 3.8) is 0 Å². The minimum absolute atomic E-state index is 0.0559. The Kier molecular flexibility index (Phi) is 4.53. The summed E-state index contributed by atoms with van der Waals surface area (Å²) in [7, 11) is 0. The Morgan fingerprint density at radius 1 is 0.852 bits per heavy atom. The van der Waals surface area contributed by atoms with Gasteiger partial charge in [-0.25, -0.2) is 0 Å². The van der Waals surface area contributed by atoms with Crippen LogP contribution in [-0.4, -0.2) is 11.0 Å². The number of nitrogens with zero attached hydrogens (tertiary/aromatic N) is 1. The molecule has 0 radical (unpaired) electrons. The van der Waals surface area contributed by atoms with Gasteiger partial charge in [0.05, 0.1) is 11.4 Å². The Labute approximate surface area is 162 Å². The van der Waals surface area contributed by atoms with Crippen molar-refractivity contribution in [3.8, 4) is 5.75 Å². The highest BCUT2D eigenvalue weighted by Crippen LogP contribution is 2.39. The Bertz CT molecular complexity index is 1050. The number of halogens is 1. The van der Waals surface area contributed by atoms with Gasteiger partial charge in [0, 0.05) is 10.6 Å². The molecule has 3 nitrogen and oxygen atoms in total. The van der Waals surface area contributed by atoms with Gasteiger partial charge in [0.2, 0.25) is 0 Å². The Balaban J connectivity index is 1.84. The van der Waals surface area contributed by atoms with Crippen molar-refractivity contribution in [1.29, 1.82) is 0 Å². The highest BCUT2D eigenvalue weighted by molar-refractivity contribution is 6.30. The number of para-hydroxylation sites is 2. The molecule has 0 atom stereocenters. The van der Waals surface area contributed by atoms with Gasteiger partial charge in [0.25, 0.3) is 5.91 Å². The van der Waals surface area contributed by atoms with Crippen molar-refractivity contribution in [1.82, 2.24) is 0 Å². The van der Waals surface area contributed by atoms with Crippen molar-refractivity contribution in [2.45, 2.75) is 0 Å². The zero-order chi connectivity index (χ0) is 18.8. The lowest BCUT2D eigenvalue weighted by Crippen LogP contribution is -2.25. The second-order valence-corrected chi connectivity index (χ2v) is 6.61. The number of hydrogen-bond acceptors (Lipinski definition) is 2. The molecule has 1 heterocycles. The molecular weight excluding hydrogens is 358 g/mol. The largest absolute Gasteiger partial charge is 0.506 e. The van der Waals surface area contributed by atoms with E-state index in [1.807, 2.05) is 54.6 Å². The molecule has 4 rings (SSSR count). The van der Waals surface area contributed by atoms with Crippen LogP contribution in [0, 0.1) is 0 Å². The van der Waals surface area contributed by atoms with E-state index in [0.29, 0.717) is 16.3 Å². The zero-order valence-corrected chi connectivity index (χ0v) is 15.1.